The van der Waals surface area contributed by atoms with Gasteiger partial charge >= 0.3 is 0 Å². The predicted molar refractivity (Wildman–Crippen MR) is 25.2 cm³/mol. The van der Waals surface area contributed by atoms with Crippen LogP contribution in [0.4, 0.5) is 4.39 Å². The predicted octanol–water partition coefficient (Wildman–Crippen LogP) is 1.62. The van der Waals surface area contributed by atoms with E-state index in [2.05, 4.69) is 6.07 Å². The SMILES string of the molecule is Fc1[c-]cccc1.[Ti]. The van der Waals surface area contributed by atoms with Crippen molar-refractivity contribution in [3.63, 3.8) is 0 Å². The molecule has 40 valence electrons. The number of halogens is 1. The molecule has 8 heavy (non-hydrogen) atoms. The molecule has 0 spiro atoms. The summed E-state index contributed by atoms with van der Waals surface area (Å²) < 4.78 is 11.9. The second kappa shape index (κ2) is 3.82. The van der Waals surface area contributed by atoms with Crippen LogP contribution in [0.25, 0.3) is 0 Å². The van der Waals surface area contributed by atoms with Gasteiger partial charge in [-0.2, -0.15) is 18.2 Å². The Labute approximate surface area is 62.6 Å². The molecule has 1 aromatic carbocycles. The molecule has 0 amide bonds. The summed E-state index contributed by atoms with van der Waals surface area (Å²) in [7, 11) is 0. The average Bonchev–Trinajstić information content (AvgIpc) is 1.69. The van der Waals surface area contributed by atoms with Gasteiger partial charge in [0.2, 0.25) is 0 Å². The normalized spacial score (nSPS) is 7.62. The second-order valence-electron chi connectivity index (χ2n) is 1.21. The molecule has 0 bridgehead atoms. The second-order valence-corrected chi connectivity index (χ2v) is 1.21. The minimum Gasteiger partial charge on any atom is -0.236 e. The molecule has 0 heterocycles. The van der Waals surface area contributed by atoms with Crippen LogP contribution in [0.5, 0.6) is 0 Å². The van der Waals surface area contributed by atoms with Gasteiger partial charge in [-0.15, -0.1) is 12.1 Å². The summed E-state index contributed by atoms with van der Waals surface area (Å²) >= 11 is 0. The zero-order chi connectivity index (χ0) is 5.11. The third-order valence-electron chi connectivity index (χ3n) is 0.671. The average molecular weight is 143 g/mol. The number of hydrogen-bond acceptors (Lipinski definition) is 0. The van der Waals surface area contributed by atoms with Crippen LogP contribution in [0, 0.1) is 11.9 Å². The fraction of sp³-hybridized carbons (Fsp3) is 0. The molecule has 0 radical (unpaired) electrons. The Balaban J connectivity index is 0.000000490. The smallest absolute Gasteiger partial charge is 0.0108 e. The van der Waals surface area contributed by atoms with E-state index in [0.29, 0.717) is 0 Å². The maximum Gasteiger partial charge on any atom is 0.0108 e. The summed E-state index contributed by atoms with van der Waals surface area (Å²) in [5, 5.41) is 0. The maximum absolute atomic E-state index is 11.9. The van der Waals surface area contributed by atoms with Gasteiger partial charge in [-0.3, -0.25) is 0 Å². The van der Waals surface area contributed by atoms with Crippen molar-refractivity contribution < 1.29 is 26.1 Å². The van der Waals surface area contributed by atoms with Crippen molar-refractivity contribution in [3.8, 4) is 0 Å². The van der Waals surface area contributed by atoms with Crippen LogP contribution in [0.15, 0.2) is 24.3 Å². The molecule has 0 atom stereocenters. The molecule has 0 N–H and O–H groups in total. The largest absolute Gasteiger partial charge is 0.236 e. The summed E-state index contributed by atoms with van der Waals surface area (Å²) in [4.78, 5) is 0. The summed E-state index contributed by atoms with van der Waals surface area (Å²) in [5.41, 5.74) is 0. The summed E-state index contributed by atoms with van der Waals surface area (Å²) in [6.45, 7) is 0. The molecule has 0 nitrogen and oxygen atoms in total. The van der Waals surface area contributed by atoms with Crippen molar-refractivity contribution in [2.45, 2.75) is 0 Å². The van der Waals surface area contributed by atoms with Gasteiger partial charge in [-0.1, -0.05) is 0 Å². The zero-order valence-corrected chi connectivity index (χ0v) is 5.75. The summed E-state index contributed by atoms with van der Waals surface area (Å²) in [6, 6.07) is 8.62. The molecule has 0 aliphatic rings. The Morgan fingerprint density at radius 2 is 2.12 bits per heavy atom. The first-order chi connectivity index (χ1) is 3.39. The quantitative estimate of drug-likeness (QED) is 0.382. The van der Waals surface area contributed by atoms with E-state index in [1.165, 1.54) is 12.1 Å². The Morgan fingerprint density at radius 1 is 1.38 bits per heavy atom. The minimum absolute atomic E-state index is 0. The number of rotatable bonds is 0. The van der Waals surface area contributed by atoms with Gasteiger partial charge in [0.25, 0.3) is 0 Å². The topological polar surface area (TPSA) is 0 Å². The van der Waals surface area contributed by atoms with Crippen molar-refractivity contribution in [1.29, 1.82) is 0 Å². The number of hydrogen-bond donors (Lipinski definition) is 0. The van der Waals surface area contributed by atoms with Crippen LogP contribution in [0.2, 0.25) is 0 Å². The Kier molecular flexibility index (Phi) is 3.75. The Bertz CT molecular complexity index is 138. The van der Waals surface area contributed by atoms with Crippen LogP contribution in [0.3, 0.4) is 0 Å². The van der Waals surface area contributed by atoms with Gasteiger partial charge in [0.15, 0.2) is 0 Å². The number of benzene rings is 1. The molecule has 0 aliphatic heterocycles. The molecular weight excluding hydrogens is 139 g/mol. The fourth-order valence-corrected chi connectivity index (χ4v) is 0.371. The van der Waals surface area contributed by atoms with E-state index in [1.807, 2.05) is 0 Å². The van der Waals surface area contributed by atoms with E-state index in [4.69, 9.17) is 0 Å². The van der Waals surface area contributed by atoms with Gasteiger partial charge in [0.1, 0.15) is 0 Å². The molecule has 0 unspecified atom stereocenters. The molecule has 0 saturated carbocycles. The van der Waals surface area contributed by atoms with Crippen molar-refractivity contribution in [2.24, 2.45) is 0 Å². The summed E-state index contributed by atoms with van der Waals surface area (Å²) in [6.07, 6.45) is 0. The Morgan fingerprint density at radius 3 is 2.38 bits per heavy atom. The zero-order valence-electron chi connectivity index (χ0n) is 4.19. The van der Waals surface area contributed by atoms with Crippen LogP contribution < -0.4 is 0 Å². The molecule has 0 aromatic heterocycles. The minimum atomic E-state index is -0.303. The molecule has 2 heteroatoms. The van der Waals surface area contributed by atoms with Crippen LogP contribution in [-0.4, -0.2) is 0 Å². The van der Waals surface area contributed by atoms with Crippen LogP contribution in [-0.2, 0) is 21.7 Å². The standard InChI is InChI=1S/C6H4F.Ti/c7-6-4-2-1-3-5-6;/h1-4H;/q-1;. The summed E-state index contributed by atoms with van der Waals surface area (Å²) in [5.74, 6) is -0.303. The molecule has 0 fully saturated rings. The van der Waals surface area contributed by atoms with Gasteiger partial charge in [0, 0.05) is 27.5 Å². The van der Waals surface area contributed by atoms with Crippen molar-refractivity contribution in [3.05, 3.63) is 36.1 Å². The van der Waals surface area contributed by atoms with Crippen molar-refractivity contribution in [2.75, 3.05) is 0 Å². The van der Waals surface area contributed by atoms with Gasteiger partial charge < -0.3 is 0 Å². The maximum atomic E-state index is 11.9. The Hall–Kier alpha value is -0.136. The third kappa shape index (κ3) is 2.24. The van der Waals surface area contributed by atoms with E-state index in [1.54, 1.807) is 12.1 Å². The molecular formula is C6H4FTi-. The van der Waals surface area contributed by atoms with Crippen LogP contribution >= 0.6 is 0 Å². The monoisotopic (exact) mass is 143 g/mol. The first-order valence-electron chi connectivity index (χ1n) is 2.02. The van der Waals surface area contributed by atoms with Gasteiger partial charge in [-0.05, 0) is 0 Å². The van der Waals surface area contributed by atoms with Gasteiger partial charge in [-0.25, -0.2) is 4.39 Å². The van der Waals surface area contributed by atoms with E-state index in [0.717, 1.165) is 0 Å². The molecule has 0 aliphatic carbocycles. The van der Waals surface area contributed by atoms with Crippen LogP contribution in [0.1, 0.15) is 0 Å². The van der Waals surface area contributed by atoms with E-state index >= 15 is 0 Å². The fourth-order valence-electron chi connectivity index (χ4n) is 0.371. The van der Waals surface area contributed by atoms with Gasteiger partial charge in [0.05, 0.1) is 0 Å². The molecule has 0 saturated heterocycles. The van der Waals surface area contributed by atoms with Crippen molar-refractivity contribution in [1.82, 2.24) is 0 Å². The first-order valence-corrected chi connectivity index (χ1v) is 2.02. The van der Waals surface area contributed by atoms with E-state index < -0.39 is 0 Å². The molecule has 1 aromatic rings. The first kappa shape index (κ1) is 7.86. The van der Waals surface area contributed by atoms with E-state index in [-0.39, 0.29) is 27.5 Å². The van der Waals surface area contributed by atoms with E-state index in [9.17, 15) is 4.39 Å². The third-order valence-corrected chi connectivity index (χ3v) is 0.671. The molecule has 1 rings (SSSR count). The van der Waals surface area contributed by atoms with Crippen molar-refractivity contribution >= 4 is 0 Å².